The highest BCUT2D eigenvalue weighted by atomic mass is 32.1. The number of pyridine rings is 1. The van der Waals surface area contributed by atoms with E-state index in [1.54, 1.807) is 0 Å². The van der Waals surface area contributed by atoms with Gasteiger partial charge in [-0.1, -0.05) is 13.3 Å². The van der Waals surface area contributed by atoms with Crippen LogP contribution in [0.4, 0.5) is 11.5 Å². The summed E-state index contributed by atoms with van der Waals surface area (Å²) < 4.78 is 1.32. The lowest BCUT2D eigenvalue weighted by atomic mass is 9.81. The number of hydrogen-bond acceptors (Lipinski definition) is 5. The maximum Gasteiger partial charge on any atom is 0.150 e. The molecule has 2 aliphatic heterocycles. The molecule has 0 spiro atoms. The van der Waals surface area contributed by atoms with E-state index < -0.39 is 0 Å². The Morgan fingerprint density at radius 1 is 1.29 bits per heavy atom. The summed E-state index contributed by atoms with van der Waals surface area (Å²) in [7, 11) is 0. The van der Waals surface area contributed by atoms with Crippen LogP contribution in [0.2, 0.25) is 0 Å². The summed E-state index contributed by atoms with van der Waals surface area (Å²) in [5.74, 6) is 1.83. The second-order valence-corrected chi connectivity index (χ2v) is 10.2. The topological polar surface area (TPSA) is 54.5 Å². The summed E-state index contributed by atoms with van der Waals surface area (Å²) in [6.45, 7) is 11.5. The standard InChI is InChI=1S/C23H34N4S/c1-5-6-7-18-17(13-16-8-10-27(11-9-16)14(2)3)20-21(25-18)23(24)26-19-12-15(4)28-22(19)20/h12,14,16-17H,5-11,13H2,1-4H3,(H2,24,26). The van der Waals surface area contributed by atoms with Crippen LogP contribution in [-0.4, -0.2) is 34.7 Å². The van der Waals surface area contributed by atoms with Crippen LogP contribution in [0.15, 0.2) is 11.1 Å². The lowest BCUT2D eigenvalue weighted by molar-refractivity contribution is 0.145. The molecule has 1 fully saturated rings. The van der Waals surface area contributed by atoms with E-state index in [2.05, 4.69) is 43.6 Å². The highest BCUT2D eigenvalue weighted by molar-refractivity contribution is 7.19. The van der Waals surface area contributed by atoms with Gasteiger partial charge in [0.1, 0.15) is 11.5 Å². The molecule has 4 nitrogen and oxygen atoms in total. The van der Waals surface area contributed by atoms with Gasteiger partial charge in [-0.25, -0.2) is 4.98 Å². The zero-order valence-corrected chi connectivity index (χ0v) is 18.6. The predicted octanol–water partition coefficient (Wildman–Crippen LogP) is 6.06. The van der Waals surface area contributed by atoms with Gasteiger partial charge < -0.3 is 10.6 Å². The zero-order valence-electron chi connectivity index (χ0n) is 17.8. The largest absolute Gasteiger partial charge is 0.382 e. The summed E-state index contributed by atoms with van der Waals surface area (Å²) in [6, 6.07) is 2.84. The van der Waals surface area contributed by atoms with Gasteiger partial charge in [0.05, 0.1) is 10.2 Å². The number of anilines is 1. The number of nitrogens with two attached hydrogens (primary N) is 1. The Kier molecular flexibility index (Phi) is 5.75. The van der Waals surface area contributed by atoms with Gasteiger partial charge in [-0.05, 0) is 77.9 Å². The fourth-order valence-corrected chi connectivity index (χ4v) is 5.96. The Morgan fingerprint density at radius 2 is 2.04 bits per heavy atom. The molecule has 4 heterocycles. The Bertz CT molecular complexity index is 874. The minimum Gasteiger partial charge on any atom is -0.382 e. The molecule has 1 unspecified atom stereocenters. The van der Waals surface area contributed by atoms with Crippen LogP contribution in [0, 0.1) is 12.8 Å². The lowest BCUT2D eigenvalue weighted by Crippen LogP contribution is -2.38. The highest BCUT2D eigenvalue weighted by Gasteiger charge is 2.34. The number of likely N-dealkylation sites (tertiary alicyclic amines) is 1. The third-order valence-corrected chi connectivity index (χ3v) is 7.63. The number of unbranched alkanes of at least 4 members (excludes halogenated alkanes) is 1. The smallest absolute Gasteiger partial charge is 0.150 e. The molecule has 2 aromatic rings. The van der Waals surface area contributed by atoms with Crippen LogP contribution in [0.5, 0.6) is 0 Å². The molecule has 2 aromatic heterocycles. The van der Waals surface area contributed by atoms with Gasteiger partial charge in [-0.2, -0.15) is 0 Å². The van der Waals surface area contributed by atoms with Crippen LogP contribution in [0.3, 0.4) is 0 Å². The van der Waals surface area contributed by atoms with E-state index in [1.807, 2.05) is 11.3 Å². The van der Waals surface area contributed by atoms with E-state index in [9.17, 15) is 0 Å². The van der Waals surface area contributed by atoms with Crippen LogP contribution in [0.25, 0.3) is 10.2 Å². The SMILES string of the molecule is CCCCC1=Nc2c(N)nc3cc(C)sc3c2C1CC1CCN(C(C)C)CC1. The van der Waals surface area contributed by atoms with E-state index in [4.69, 9.17) is 10.7 Å². The maximum absolute atomic E-state index is 6.36. The van der Waals surface area contributed by atoms with Gasteiger partial charge >= 0.3 is 0 Å². The fourth-order valence-electron chi connectivity index (χ4n) is 4.91. The fraction of sp³-hybridized carbons (Fsp3) is 0.652. The van der Waals surface area contributed by atoms with Crippen molar-refractivity contribution in [1.29, 1.82) is 0 Å². The Hall–Kier alpha value is -1.46. The molecule has 152 valence electrons. The third-order valence-electron chi connectivity index (χ3n) is 6.56. The van der Waals surface area contributed by atoms with Gasteiger partial charge in [-0.3, -0.25) is 4.99 Å². The summed E-state index contributed by atoms with van der Waals surface area (Å²) in [6.07, 6.45) is 7.32. The molecule has 2 aliphatic rings. The van der Waals surface area contributed by atoms with Crippen molar-refractivity contribution in [2.75, 3.05) is 18.8 Å². The number of piperidine rings is 1. The van der Waals surface area contributed by atoms with Crippen molar-refractivity contribution in [3.8, 4) is 0 Å². The minimum atomic E-state index is 0.433. The maximum atomic E-state index is 6.36. The number of fused-ring (bicyclic) bond motifs is 3. The van der Waals surface area contributed by atoms with Crippen molar-refractivity contribution in [2.24, 2.45) is 10.9 Å². The van der Waals surface area contributed by atoms with Crippen LogP contribution in [0.1, 0.15) is 75.7 Å². The molecule has 0 aromatic carbocycles. The predicted molar refractivity (Wildman–Crippen MR) is 122 cm³/mol. The molecule has 0 bridgehead atoms. The van der Waals surface area contributed by atoms with Crippen LogP contribution in [-0.2, 0) is 0 Å². The van der Waals surface area contributed by atoms with Crippen LogP contribution >= 0.6 is 11.3 Å². The Balaban J connectivity index is 1.64. The van der Waals surface area contributed by atoms with Crippen LogP contribution < -0.4 is 5.73 Å². The number of aliphatic imine (C=N–C) groups is 1. The molecule has 2 N–H and O–H groups in total. The molecule has 28 heavy (non-hydrogen) atoms. The van der Waals surface area contributed by atoms with Crippen molar-refractivity contribution in [3.63, 3.8) is 0 Å². The number of nitrogen functional groups attached to an aromatic ring is 1. The average Bonchev–Trinajstić information content (AvgIpc) is 3.21. The second kappa shape index (κ2) is 8.11. The minimum absolute atomic E-state index is 0.433. The van der Waals surface area contributed by atoms with Gasteiger partial charge in [0, 0.05) is 28.1 Å². The van der Waals surface area contributed by atoms with E-state index in [0.717, 1.165) is 23.5 Å². The van der Waals surface area contributed by atoms with E-state index in [1.165, 1.54) is 66.0 Å². The number of hydrogen-bond donors (Lipinski definition) is 1. The van der Waals surface area contributed by atoms with Crippen molar-refractivity contribution in [2.45, 2.75) is 78.2 Å². The normalized spacial score (nSPS) is 20.9. The van der Waals surface area contributed by atoms with Crippen molar-refractivity contribution >= 4 is 38.8 Å². The number of rotatable bonds is 6. The first kappa shape index (κ1) is 19.8. The molecular weight excluding hydrogens is 364 g/mol. The number of nitrogens with zero attached hydrogens (tertiary/aromatic N) is 3. The second-order valence-electron chi connectivity index (χ2n) is 8.90. The average molecular weight is 399 g/mol. The number of thiophene rings is 1. The highest BCUT2D eigenvalue weighted by Crippen LogP contribution is 2.49. The Labute approximate surface area is 173 Å². The summed E-state index contributed by atoms with van der Waals surface area (Å²) in [5, 5.41) is 0. The van der Waals surface area contributed by atoms with Crippen molar-refractivity contribution < 1.29 is 0 Å². The van der Waals surface area contributed by atoms with Gasteiger partial charge in [0.15, 0.2) is 0 Å². The first-order chi connectivity index (χ1) is 13.5. The molecule has 1 atom stereocenters. The Morgan fingerprint density at radius 3 is 2.71 bits per heavy atom. The lowest BCUT2D eigenvalue weighted by Gasteiger charge is -2.35. The van der Waals surface area contributed by atoms with Crippen molar-refractivity contribution in [1.82, 2.24) is 9.88 Å². The summed E-state index contributed by atoms with van der Waals surface area (Å²) in [4.78, 5) is 13.7. The first-order valence-corrected chi connectivity index (χ1v) is 11.8. The van der Waals surface area contributed by atoms with E-state index in [0.29, 0.717) is 17.8 Å². The van der Waals surface area contributed by atoms with E-state index >= 15 is 0 Å². The molecule has 0 radical (unpaired) electrons. The summed E-state index contributed by atoms with van der Waals surface area (Å²) >= 11 is 1.86. The molecule has 5 heteroatoms. The number of aromatic nitrogens is 1. The molecule has 0 amide bonds. The molecule has 1 saturated heterocycles. The van der Waals surface area contributed by atoms with Gasteiger partial charge in [0.25, 0.3) is 0 Å². The first-order valence-electron chi connectivity index (χ1n) is 11.0. The molecule has 0 aliphatic carbocycles. The monoisotopic (exact) mass is 398 g/mol. The quantitative estimate of drug-likeness (QED) is 0.643. The molecular formula is C23H34N4S. The third kappa shape index (κ3) is 3.71. The number of aryl methyl sites for hydroxylation is 1. The van der Waals surface area contributed by atoms with E-state index in [-0.39, 0.29) is 0 Å². The van der Waals surface area contributed by atoms with Crippen molar-refractivity contribution in [3.05, 3.63) is 16.5 Å². The zero-order chi connectivity index (χ0) is 19.8. The molecule has 4 rings (SSSR count). The molecule has 0 saturated carbocycles. The van der Waals surface area contributed by atoms with Gasteiger partial charge in [-0.15, -0.1) is 11.3 Å². The summed E-state index contributed by atoms with van der Waals surface area (Å²) in [5.41, 5.74) is 11.1. The van der Waals surface area contributed by atoms with Gasteiger partial charge in [0.2, 0.25) is 0 Å².